The Balaban J connectivity index is 1.84. The van der Waals surface area contributed by atoms with Gasteiger partial charge in [-0.2, -0.15) is 0 Å². The van der Waals surface area contributed by atoms with Crippen molar-refractivity contribution in [2.45, 2.75) is 18.7 Å². The molecule has 0 atom stereocenters. The number of nitrogens with one attached hydrogen (secondary N) is 3. The summed E-state index contributed by atoms with van der Waals surface area (Å²) in [7, 11) is -3.87. The van der Waals surface area contributed by atoms with Crippen molar-refractivity contribution in [1.29, 1.82) is 0 Å². The number of benzene rings is 3. The molecule has 5 nitrogen and oxygen atoms in total. The van der Waals surface area contributed by atoms with Crippen LogP contribution in [0.15, 0.2) is 65.6 Å². The number of hydrogen-bond acceptors (Lipinski definition) is 3. The molecule has 0 heterocycles. The minimum absolute atomic E-state index is 0.0727. The molecule has 0 amide bonds. The van der Waals surface area contributed by atoms with Crippen molar-refractivity contribution in [3.05, 3.63) is 81.8 Å². The maximum absolute atomic E-state index is 13.0. The van der Waals surface area contributed by atoms with Crippen LogP contribution < -0.4 is 15.4 Å². The zero-order chi connectivity index (χ0) is 21.9. The number of anilines is 3. The molecule has 3 N–H and O–H groups in total. The lowest BCUT2D eigenvalue weighted by Gasteiger charge is -2.16. The van der Waals surface area contributed by atoms with Gasteiger partial charge in [0.2, 0.25) is 0 Å². The molecule has 0 aromatic heterocycles. The first-order valence-corrected chi connectivity index (χ1v) is 11.5. The van der Waals surface area contributed by atoms with E-state index in [-0.39, 0.29) is 10.0 Å². The van der Waals surface area contributed by atoms with Crippen molar-refractivity contribution in [2.24, 2.45) is 0 Å². The van der Waals surface area contributed by atoms with Gasteiger partial charge in [0.1, 0.15) is 4.90 Å². The highest BCUT2D eigenvalue weighted by Gasteiger charge is 2.20. The van der Waals surface area contributed by atoms with Gasteiger partial charge in [-0.05, 0) is 85.7 Å². The van der Waals surface area contributed by atoms with Crippen molar-refractivity contribution in [3.63, 3.8) is 0 Å². The van der Waals surface area contributed by atoms with Crippen molar-refractivity contribution >= 4 is 67.6 Å². The summed E-state index contributed by atoms with van der Waals surface area (Å²) in [5.41, 5.74) is 3.18. The summed E-state index contributed by atoms with van der Waals surface area (Å²) < 4.78 is 28.6. The van der Waals surface area contributed by atoms with Crippen LogP contribution in [0.25, 0.3) is 0 Å². The van der Waals surface area contributed by atoms with E-state index in [0.717, 1.165) is 11.1 Å². The molecule has 0 aliphatic heterocycles. The van der Waals surface area contributed by atoms with E-state index in [0.29, 0.717) is 27.1 Å². The van der Waals surface area contributed by atoms with Crippen LogP contribution in [0, 0.1) is 13.8 Å². The summed E-state index contributed by atoms with van der Waals surface area (Å²) >= 11 is 17.4. The van der Waals surface area contributed by atoms with Crippen molar-refractivity contribution in [2.75, 3.05) is 15.4 Å². The van der Waals surface area contributed by atoms with Crippen molar-refractivity contribution in [1.82, 2.24) is 0 Å². The third kappa shape index (κ3) is 5.64. The molecule has 0 fully saturated rings. The average Bonchev–Trinajstić information content (AvgIpc) is 2.68. The number of hydrogen-bond donors (Lipinski definition) is 3. The summed E-state index contributed by atoms with van der Waals surface area (Å²) in [5, 5.41) is 7.33. The van der Waals surface area contributed by atoms with Gasteiger partial charge in [-0.3, -0.25) is 4.72 Å². The molecule has 0 saturated heterocycles. The highest BCUT2D eigenvalue weighted by Crippen LogP contribution is 2.26. The van der Waals surface area contributed by atoms with Crippen LogP contribution in [0.1, 0.15) is 11.1 Å². The van der Waals surface area contributed by atoms with Crippen LogP contribution in [0.4, 0.5) is 17.1 Å². The van der Waals surface area contributed by atoms with E-state index in [1.54, 1.807) is 48.5 Å². The Hall–Kier alpha value is -2.32. The first kappa shape index (κ1) is 22.4. The van der Waals surface area contributed by atoms with E-state index in [1.165, 1.54) is 0 Å². The summed E-state index contributed by atoms with van der Waals surface area (Å²) in [4.78, 5) is 0.0727. The predicted molar refractivity (Wildman–Crippen MR) is 129 cm³/mol. The fourth-order valence-electron chi connectivity index (χ4n) is 2.64. The zero-order valence-corrected chi connectivity index (χ0v) is 19.3. The highest BCUT2D eigenvalue weighted by molar-refractivity contribution is 7.93. The third-order valence-electron chi connectivity index (χ3n) is 4.20. The van der Waals surface area contributed by atoms with E-state index in [1.807, 2.05) is 26.0 Å². The SMILES string of the molecule is Cc1ccc(NC(=S)Nc2ccc(C)c(Cl)c2)c(S(=O)(=O)Nc2ccc(Cl)cc2)c1. The second-order valence-corrected chi connectivity index (χ2v) is 9.56. The largest absolute Gasteiger partial charge is 0.332 e. The molecule has 0 aliphatic carbocycles. The fraction of sp³-hybridized carbons (Fsp3) is 0.0952. The topological polar surface area (TPSA) is 70.2 Å². The molecule has 0 radical (unpaired) electrons. The molecule has 156 valence electrons. The van der Waals surface area contributed by atoms with Crippen molar-refractivity contribution in [3.8, 4) is 0 Å². The lowest BCUT2D eigenvalue weighted by molar-refractivity contribution is 0.601. The standard InChI is InChI=1S/C21H19Cl2N3O2S2/c1-13-3-10-19(25-21(29)24-17-7-4-14(2)18(23)12-17)20(11-13)30(27,28)26-16-8-5-15(22)6-9-16/h3-12,26H,1-2H3,(H2,24,25,29). The van der Waals surface area contributed by atoms with Crippen LogP contribution in [-0.2, 0) is 10.0 Å². The van der Waals surface area contributed by atoms with Gasteiger partial charge in [0.25, 0.3) is 10.0 Å². The number of halogens is 2. The van der Waals surface area contributed by atoms with Gasteiger partial charge >= 0.3 is 0 Å². The van der Waals surface area contributed by atoms with Crippen LogP contribution in [0.3, 0.4) is 0 Å². The van der Waals surface area contributed by atoms with Gasteiger partial charge < -0.3 is 10.6 Å². The van der Waals surface area contributed by atoms with E-state index in [9.17, 15) is 8.42 Å². The first-order chi connectivity index (χ1) is 14.1. The minimum Gasteiger partial charge on any atom is -0.332 e. The molecule has 3 aromatic carbocycles. The molecule has 0 saturated carbocycles. The normalized spacial score (nSPS) is 11.1. The molecule has 0 unspecified atom stereocenters. The monoisotopic (exact) mass is 479 g/mol. The van der Waals surface area contributed by atoms with E-state index in [4.69, 9.17) is 35.4 Å². The summed E-state index contributed by atoms with van der Waals surface area (Å²) in [6, 6.07) is 16.9. The Morgan fingerprint density at radius 2 is 1.53 bits per heavy atom. The molecular weight excluding hydrogens is 461 g/mol. The molecule has 3 rings (SSSR count). The van der Waals surface area contributed by atoms with Gasteiger partial charge in [0.15, 0.2) is 5.11 Å². The molecule has 9 heteroatoms. The Morgan fingerprint density at radius 3 is 2.20 bits per heavy atom. The third-order valence-corrected chi connectivity index (χ3v) is 6.49. The lowest BCUT2D eigenvalue weighted by atomic mass is 10.2. The maximum atomic E-state index is 13.0. The number of rotatable bonds is 5. The lowest BCUT2D eigenvalue weighted by Crippen LogP contribution is -2.22. The van der Waals surface area contributed by atoms with Crippen LogP contribution in [0.2, 0.25) is 10.0 Å². The van der Waals surface area contributed by atoms with Crippen LogP contribution in [-0.4, -0.2) is 13.5 Å². The van der Waals surface area contributed by atoms with Gasteiger partial charge in [-0.25, -0.2) is 8.42 Å². The van der Waals surface area contributed by atoms with Gasteiger partial charge in [-0.15, -0.1) is 0 Å². The number of sulfonamides is 1. The second kappa shape index (κ2) is 9.22. The average molecular weight is 480 g/mol. The predicted octanol–water partition coefficient (Wildman–Crippen LogP) is 6.22. The fourth-order valence-corrected chi connectivity index (χ4v) is 4.48. The molecular formula is C21H19Cl2N3O2S2. The maximum Gasteiger partial charge on any atom is 0.263 e. The van der Waals surface area contributed by atoms with Crippen molar-refractivity contribution < 1.29 is 8.42 Å². The summed E-state index contributed by atoms with van der Waals surface area (Å²) in [6.45, 7) is 3.72. The highest BCUT2D eigenvalue weighted by atomic mass is 35.5. The van der Waals surface area contributed by atoms with Gasteiger partial charge in [0.05, 0.1) is 5.69 Å². The Morgan fingerprint density at radius 1 is 0.867 bits per heavy atom. The smallest absolute Gasteiger partial charge is 0.263 e. The van der Waals surface area contributed by atoms with E-state index >= 15 is 0 Å². The van der Waals surface area contributed by atoms with Gasteiger partial charge in [-0.1, -0.05) is 35.3 Å². The quantitative estimate of drug-likeness (QED) is 0.378. The summed E-state index contributed by atoms with van der Waals surface area (Å²) in [5.74, 6) is 0. The van der Waals surface area contributed by atoms with E-state index < -0.39 is 10.0 Å². The zero-order valence-electron chi connectivity index (χ0n) is 16.2. The summed E-state index contributed by atoms with van der Waals surface area (Å²) in [6.07, 6.45) is 0. The van der Waals surface area contributed by atoms with Crippen LogP contribution >= 0.6 is 35.4 Å². The molecule has 0 spiro atoms. The molecule has 30 heavy (non-hydrogen) atoms. The van der Waals surface area contributed by atoms with E-state index in [2.05, 4.69) is 15.4 Å². The Kier molecular flexibility index (Phi) is 6.88. The first-order valence-electron chi connectivity index (χ1n) is 8.87. The Bertz CT molecular complexity index is 1200. The molecule has 0 bridgehead atoms. The second-order valence-electron chi connectivity index (χ2n) is 6.66. The molecule has 0 aliphatic rings. The minimum atomic E-state index is -3.87. The molecule has 3 aromatic rings. The Labute approximate surface area is 191 Å². The van der Waals surface area contributed by atoms with Gasteiger partial charge in [0, 0.05) is 21.4 Å². The number of thiocarbonyl (C=S) groups is 1. The van der Waals surface area contributed by atoms with Crippen LogP contribution in [0.5, 0.6) is 0 Å². The number of aryl methyl sites for hydroxylation is 2.